The molecular weight excluding hydrogens is 226 g/mol. The molecule has 0 saturated carbocycles. The molecule has 0 aromatic heterocycles. The third kappa shape index (κ3) is 2.84. The topological polar surface area (TPSA) is 38.3 Å². The number of esters is 1. The number of aryl methyl sites for hydroxylation is 1. The molecule has 1 atom stereocenters. The van der Waals surface area contributed by atoms with Gasteiger partial charge in [-0.2, -0.15) is 0 Å². The Hall–Kier alpha value is -1.51. The molecule has 1 heterocycles. The van der Waals surface area contributed by atoms with Crippen LogP contribution in [0.5, 0.6) is 0 Å². The quantitative estimate of drug-likeness (QED) is 0.817. The van der Waals surface area contributed by atoms with E-state index in [1.807, 2.05) is 20.8 Å². The molecule has 0 saturated heterocycles. The molecule has 1 N–H and O–H groups in total. The van der Waals surface area contributed by atoms with E-state index in [0.717, 1.165) is 12.1 Å². The second kappa shape index (κ2) is 4.63. The van der Waals surface area contributed by atoms with E-state index in [2.05, 4.69) is 30.4 Å². The van der Waals surface area contributed by atoms with Crippen LogP contribution < -0.4 is 5.32 Å². The van der Waals surface area contributed by atoms with Gasteiger partial charge in [0.2, 0.25) is 0 Å². The summed E-state index contributed by atoms with van der Waals surface area (Å²) < 4.78 is 5.41. The van der Waals surface area contributed by atoms with Gasteiger partial charge in [0.05, 0.1) is 0 Å². The van der Waals surface area contributed by atoms with Crippen molar-refractivity contribution in [2.75, 3.05) is 5.32 Å². The Balaban J connectivity index is 2.08. The number of fused-ring (bicyclic) bond motifs is 1. The molecule has 1 aromatic carbocycles. The lowest BCUT2D eigenvalue weighted by atomic mass is 10.1. The van der Waals surface area contributed by atoms with Crippen LogP contribution in [0.4, 0.5) is 5.69 Å². The van der Waals surface area contributed by atoms with E-state index in [1.165, 1.54) is 11.1 Å². The lowest BCUT2D eigenvalue weighted by Crippen LogP contribution is -2.35. The summed E-state index contributed by atoms with van der Waals surface area (Å²) in [5.74, 6) is -0.170. The molecule has 0 unspecified atom stereocenters. The summed E-state index contributed by atoms with van der Waals surface area (Å²) in [6.07, 6.45) is 1.72. The lowest BCUT2D eigenvalue weighted by Gasteiger charge is -2.22. The van der Waals surface area contributed by atoms with E-state index in [-0.39, 0.29) is 12.0 Å². The molecule has 18 heavy (non-hydrogen) atoms. The first kappa shape index (κ1) is 12.9. The SMILES string of the molecule is CCc1ccc2c(c1)N[C@H](C(=O)OC(C)(C)C)C2. The highest BCUT2D eigenvalue weighted by Crippen LogP contribution is 2.28. The predicted octanol–water partition coefficient (Wildman–Crippen LogP) is 2.93. The molecular formula is C15H21NO2. The molecule has 1 aliphatic heterocycles. The monoisotopic (exact) mass is 247 g/mol. The van der Waals surface area contributed by atoms with Gasteiger partial charge in [0.1, 0.15) is 11.6 Å². The normalized spacial score (nSPS) is 18.1. The second-order valence-electron chi connectivity index (χ2n) is 5.78. The molecule has 0 fully saturated rings. The maximum absolute atomic E-state index is 12.0. The van der Waals surface area contributed by atoms with Crippen LogP contribution in [-0.4, -0.2) is 17.6 Å². The highest BCUT2D eigenvalue weighted by molar-refractivity contribution is 5.83. The molecule has 3 heteroatoms. The second-order valence-corrected chi connectivity index (χ2v) is 5.78. The van der Waals surface area contributed by atoms with Gasteiger partial charge < -0.3 is 10.1 Å². The number of nitrogens with one attached hydrogen (secondary N) is 1. The lowest BCUT2D eigenvalue weighted by molar-refractivity contribution is -0.155. The number of hydrogen-bond acceptors (Lipinski definition) is 3. The number of benzene rings is 1. The van der Waals surface area contributed by atoms with E-state index >= 15 is 0 Å². The van der Waals surface area contributed by atoms with E-state index in [0.29, 0.717) is 6.42 Å². The zero-order valence-electron chi connectivity index (χ0n) is 11.5. The number of carbonyl (C=O) groups excluding carboxylic acids is 1. The molecule has 0 amide bonds. The summed E-state index contributed by atoms with van der Waals surface area (Å²) in [5.41, 5.74) is 3.13. The fraction of sp³-hybridized carbons (Fsp3) is 0.533. The predicted molar refractivity (Wildman–Crippen MR) is 72.8 cm³/mol. The van der Waals surface area contributed by atoms with Crippen molar-refractivity contribution in [2.45, 2.75) is 52.2 Å². The van der Waals surface area contributed by atoms with Crippen LogP contribution in [0.1, 0.15) is 38.8 Å². The minimum atomic E-state index is -0.428. The molecule has 1 aromatic rings. The van der Waals surface area contributed by atoms with Crippen LogP contribution in [0.2, 0.25) is 0 Å². The van der Waals surface area contributed by atoms with Gasteiger partial charge in [-0.05, 0) is 44.4 Å². The van der Waals surface area contributed by atoms with Crippen molar-refractivity contribution in [2.24, 2.45) is 0 Å². The zero-order valence-corrected chi connectivity index (χ0v) is 11.5. The van der Waals surface area contributed by atoms with Crippen molar-refractivity contribution in [3.63, 3.8) is 0 Å². The molecule has 1 aliphatic rings. The maximum Gasteiger partial charge on any atom is 0.329 e. The van der Waals surface area contributed by atoms with E-state index < -0.39 is 5.60 Å². The van der Waals surface area contributed by atoms with Crippen LogP contribution in [0.25, 0.3) is 0 Å². The van der Waals surface area contributed by atoms with Gasteiger partial charge in [0, 0.05) is 12.1 Å². The van der Waals surface area contributed by atoms with Gasteiger partial charge in [0.15, 0.2) is 0 Å². The Kier molecular flexibility index (Phi) is 3.33. The van der Waals surface area contributed by atoms with Gasteiger partial charge in [-0.3, -0.25) is 0 Å². The van der Waals surface area contributed by atoms with Gasteiger partial charge in [0.25, 0.3) is 0 Å². The van der Waals surface area contributed by atoms with Crippen LogP contribution >= 0.6 is 0 Å². The summed E-state index contributed by atoms with van der Waals surface area (Å²) in [5, 5.41) is 3.26. The zero-order chi connectivity index (χ0) is 13.3. The Labute approximate surface area is 109 Å². The maximum atomic E-state index is 12.0. The van der Waals surface area contributed by atoms with Gasteiger partial charge in [-0.1, -0.05) is 19.1 Å². The van der Waals surface area contributed by atoms with E-state index in [9.17, 15) is 4.79 Å². The Morgan fingerprint density at radius 3 is 2.78 bits per heavy atom. The number of rotatable bonds is 2. The highest BCUT2D eigenvalue weighted by atomic mass is 16.6. The molecule has 0 aliphatic carbocycles. The first-order chi connectivity index (χ1) is 8.39. The van der Waals surface area contributed by atoms with Crippen molar-refractivity contribution >= 4 is 11.7 Å². The first-order valence-electron chi connectivity index (χ1n) is 6.50. The van der Waals surface area contributed by atoms with Crippen LogP contribution in [-0.2, 0) is 22.4 Å². The minimum absolute atomic E-state index is 0.170. The van der Waals surface area contributed by atoms with Crippen molar-refractivity contribution in [1.82, 2.24) is 0 Å². The smallest absolute Gasteiger partial charge is 0.329 e. The van der Waals surface area contributed by atoms with Gasteiger partial charge in [-0.25, -0.2) is 4.79 Å². The number of carbonyl (C=O) groups is 1. The summed E-state index contributed by atoms with van der Waals surface area (Å²) in [6, 6.07) is 6.11. The summed E-state index contributed by atoms with van der Waals surface area (Å²) in [6.45, 7) is 7.80. The average Bonchev–Trinajstić information content (AvgIpc) is 2.69. The summed E-state index contributed by atoms with van der Waals surface area (Å²) >= 11 is 0. The Bertz CT molecular complexity index is 460. The van der Waals surface area contributed by atoms with Gasteiger partial charge >= 0.3 is 5.97 Å². The van der Waals surface area contributed by atoms with Crippen molar-refractivity contribution in [3.05, 3.63) is 29.3 Å². The minimum Gasteiger partial charge on any atom is -0.458 e. The largest absolute Gasteiger partial charge is 0.458 e. The van der Waals surface area contributed by atoms with E-state index in [1.54, 1.807) is 0 Å². The third-order valence-electron chi connectivity index (χ3n) is 3.03. The van der Waals surface area contributed by atoms with Crippen LogP contribution in [0, 0.1) is 0 Å². The number of anilines is 1. The number of ether oxygens (including phenoxy) is 1. The number of hydrogen-bond donors (Lipinski definition) is 1. The molecule has 3 nitrogen and oxygen atoms in total. The third-order valence-corrected chi connectivity index (χ3v) is 3.03. The molecule has 0 radical (unpaired) electrons. The van der Waals surface area contributed by atoms with Crippen molar-refractivity contribution in [1.29, 1.82) is 0 Å². The fourth-order valence-corrected chi connectivity index (χ4v) is 2.13. The van der Waals surface area contributed by atoms with Crippen LogP contribution in [0.3, 0.4) is 0 Å². The molecule has 0 bridgehead atoms. The molecule has 0 spiro atoms. The highest BCUT2D eigenvalue weighted by Gasteiger charge is 2.30. The van der Waals surface area contributed by atoms with E-state index in [4.69, 9.17) is 4.74 Å². The summed E-state index contributed by atoms with van der Waals surface area (Å²) in [4.78, 5) is 12.0. The standard InChI is InChI=1S/C15H21NO2/c1-5-10-6-7-11-9-13(16-12(11)8-10)14(17)18-15(2,3)4/h6-8,13,16H,5,9H2,1-4H3/t13-/m0/s1. The fourth-order valence-electron chi connectivity index (χ4n) is 2.13. The summed E-state index contributed by atoms with van der Waals surface area (Å²) in [7, 11) is 0. The first-order valence-corrected chi connectivity index (χ1v) is 6.50. The Morgan fingerprint density at radius 1 is 1.44 bits per heavy atom. The van der Waals surface area contributed by atoms with Crippen LogP contribution in [0.15, 0.2) is 18.2 Å². The average molecular weight is 247 g/mol. The van der Waals surface area contributed by atoms with Crippen molar-refractivity contribution in [3.8, 4) is 0 Å². The molecule has 98 valence electrons. The van der Waals surface area contributed by atoms with Gasteiger partial charge in [-0.15, -0.1) is 0 Å². The Morgan fingerprint density at radius 2 is 2.17 bits per heavy atom. The molecule has 2 rings (SSSR count). The van der Waals surface area contributed by atoms with Crippen molar-refractivity contribution < 1.29 is 9.53 Å².